The first-order chi connectivity index (χ1) is 12.0. The molecule has 0 aliphatic carbocycles. The number of hydrogen-bond acceptors (Lipinski definition) is 5. The molecule has 0 radical (unpaired) electrons. The normalized spacial score (nSPS) is 18.0. The fourth-order valence-corrected chi connectivity index (χ4v) is 2.47. The van der Waals surface area contributed by atoms with Gasteiger partial charge in [0.25, 0.3) is 0 Å². The second-order valence-corrected chi connectivity index (χ2v) is 5.29. The van der Waals surface area contributed by atoms with Gasteiger partial charge in [0.1, 0.15) is 5.75 Å². The minimum atomic E-state index is -1.12. The molecule has 1 heterocycles. The number of hydrogen-bond donors (Lipinski definition) is 2. The number of imide groups is 2. The van der Waals surface area contributed by atoms with E-state index in [1.54, 1.807) is 37.3 Å². The second kappa shape index (κ2) is 8.14. The molecule has 1 atom stereocenters. The van der Waals surface area contributed by atoms with Gasteiger partial charge in [-0.2, -0.15) is 0 Å². The van der Waals surface area contributed by atoms with Gasteiger partial charge >= 0.3 is 6.03 Å². The molecule has 132 valence electrons. The third-order valence-corrected chi connectivity index (χ3v) is 3.64. The molecule has 1 aliphatic rings. The van der Waals surface area contributed by atoms with E-state index in [4.69, 9.17) is 4.74 Å². The number of urea groups is 1. The summed E-state index contributed by atoms with van der Waals surface area (Å²) in [4.78, 5) is 37.5. The van der Waals surface area contributed by atoms with Gasteiger partial charge in [-0.15, -0.1) is 6.58 Å². The SMILES string of the molecule is C=CCN1C(=O)NC(=O)[C@@H](/C(=C\C)Nc2ccc(OCC)cc2)C1=O. The predicted octanol–water partition coefficient (Wildman–Crippen LogP) is 2.28. The lowest BCUT2D eigenvalue weighted by molar-refractivity contribution is -0.140. The summed E-state index contributed by atoms with van der Waals surface area (Å²) in [5, 5.41) is 5.27. The maximum absolute atomic E-state index is 12.6. The lowest BCUT2D eigenvalue weighted by Gasteiger charge is -2.31. The van der Waals surface area contributed by atoms with Gasteiger partial charge in [0.15, 0.2) is 5.92 Å². The van der Waals surface area contributed by atoms with Crippen molar-refractivity contribution in [1.29, 1.82) is 0 Å². The molecule has 7 heteroatoms. The molecule has 0 bridgehead atoms. The number of carbonyl (C=O) groups is 3. The number of carbonyl (C=O) groups excluding carboxylic acids is 3. The highest BCUT2D eigenvalue weighted by molar-refractivity contribution is 6.18. The summed E-state index contributed by atoms with van der Waals surface area (Å²) in [6.07, 6.45) is 3.07. The molecule has 0 saturated carbocycles. The Bertz CT molecular complexity index is 710. The summed E-state index contributed by atoms with van der Waals surface area (Å²) >= 11 is 0. The first kappa shape index (κ1) is 18.3. The van der Waals surface area contributed by atoms with Crippen LogP contribution in [0.2, 0.25) is 0 Å². The predicted molar refractivity (Wildman–Crippen MR) is 93.9 cm³/mol. The van der Waals surface area contributed by atoms with Crippen LogP contribution in [0, 0.1) is 5.92 Å². The zero-order valence-corrected chi connectivity index (χ0v) is 14.2. The lowest BCUT2D eigenvalue weighted by atomic mass is 9.99. The monoisotopic (exact) mass is 343 g/mol. The molecular weight excluding hydrogens is 322 g/mol. The van der Waals surface area contributed by atoms with Gasteiger partial charge in [0, 0.05) is 17.9 Å². The van der Waals surface area contributed by atoms with E-state index >= 15 is 0 Å². The highest BCUT2D eigenvalue weighted by Crippen LogP contribution is 2.23. The van der Waals surface area contributed by atoms with Gasteiger partial charge in [-0.25, -0.2) is 4.79 Å². The van der Waals surface area contributed by atoms with Gasteiger partial charge in [0.2, 0.25) is 11.8 Å². The number of ether oxygens (including phenoxy) is 1. The lowest BCUT2D eigenvalue weighted by Crippen LogP contribution is -2.58. The molecule has 1 saturated heterocycles. The van der Waals surface area contributed by atoms with Crippen LogP contribution in [0.15, 0.2) is 48.7 Å². The third-order valence-electron chi connectivity index (χ3n) is 3.64. The molecule has 1 aromatic rings. The maximum atomic E-state index is 12.6. The van der Waals surface area contributed by atoms with Crippen LogP contribution in [0.3, 0.4) is 0 Å². The van der Waals surface area contributed by atoms with E-state index in [0.29, 0.717) is 18.0 Å². The van der Waals surface area contributed by atoms with Crippen LogP contribution >= 0.6 is 0 Å². The number of nitrogens with one attached hydrogen (secondary N) is 2. The minimum Gasteiger partial charge on any atom is -0.494 e. The van der Waals surface area contributed by atoms with Crippen LogP contribution in [0.5, 0.6) is 5.75 Å². The quantitative estimate of drug-likeness (QED) is 0.586. The van der Waals surface area contributed by atoms with Gasteiger partial charge in [-0.3, -0.25) is 19.8 Å². The summed E-state index contributed by atoms with van der Waals surface area (Å²) in [5.41, 5.74) is 1.09. The van der Waals surface area contributed by atoms with Crippen LogP contribution in [-0.4, -0.2) is 35.9 Å². The van der Waals surface area contributed by atoms with Crippen LogP contribution in [0.4, 0.5) is 10.5 Å². The molecule has 1 fully saturated rings. The first-order valence-electron chi connectivity index (χ1n) is 7.95. The molecule has 2 N–H and O–H groups in total. The fourth-order valence-electron chi connectivity index (χ4n) is 2.47. The van der Waals surface area contributed by atoms with E-state index in [2.05, 4.69) is 17.2 Å². The average Bonchev–Trinajstić information content (AvgIpc) is 2.59. The first-order valence-corrected chi connectivity index (χ1v) is 7.95. The van der Waals surface area contributed by atoms with E-state index < -0.39 is 23.8 Å². The van der Waals surface area contributed by atoms with E-state index in [1.807, 2.05) is 6.92 Å². The van der Waals surface area contributed by atoms with Crippen LogP contribution < -0.4 is 15.4 Å². The summed E-state index contributed by atoms with van der Waals surface area (Å²) in [6.45, 7) is 7.74. The molecule has 2 rings (SSSR count). The van der Waals surface area contributed by atoms with Gasteiger partial charge in [-0.1, -0.05) is 12.2 Å². The van der Waals surface area contributed by atoms with Crippen molar-refractivity contribution >= 4 is 23.5 Å². The molecule has 0 spiro atoms. The smallest absolute Gasteiger partial charge is 0.331 e. The summed E-state index contributed by atoms with van der Waals surface area (Å²) in [7, 11) is 0. The Balaban J connectivity index is 2.20. The second-order valence-electron chi connectivity index (χ2n) is 5.29. The Labute approximate surface area is 146 Å². The molecule has 1 aromatic carbocycles. The summed E-state index contributed by atoms with van der Waals surface area (Å²) in [5.74, 6) is -1.62. The van der Waals surface area contributed by atoms with Crippen molar-refractivity contribution in [3.8, 4) is 5.75 Å². The summed E-state index contributed by atoms with van der Waals surface area (Å²) in [6, 6.07) is 6.41. The Morgan fingerprint density at radius 3 is 2.56 bits per heavy atom. The van der Waals surface area contributed by atoms with Crippen LogP contribution in [0.1, 0.15) is 13.8 Å². The third kappa shape index (κ3) is 4.06. The van der Waals surface area contributed by atoms with E-state index in [1.165, 1.54) is 6.08 Å². The Kier molecular flexibility index (Phi) is 5.94. The van der Waals surface area contributed by atoms with Crippen molar-refractivity contribution in [2.75, 3.05) is 18.5 Å². The van der Waals surface area contributed by atoms with Crippen molar-refractivity contribution in [2.45, 2.75) is 13.8 Å². The minimum absolute atomic E-state index is 0.0362. The summed E-state index contributed by atoms with van der Waals surface area (Å²) < 4.78 is 5.38. The number of anilines is 1. The van der Waals surface area contributed by atoms with Crippen molar-refractivity contribution in [2.24, 2.45) is 5.92 Å². The number of nitrogens with zero attached hydrogens (tertiary/aromatic N) is 1. The number of allylic oxidation sites excluding steroid dienone is 1. The van der Waals surface area contributed by atoms with E-state index in [-0.39, 0.29) is 6.54 Å². The van der Waals surface area contributed by atoms with Crippen molar-refractivity contribution < 1.29 is 19.1 Å². The van der Waals surface area contributed by atoms with Crippen molar-refractivity contribution in [3.05, 3.63) is 48.7 Å². The maximum Gasteiger partial charge on any atom is 0.331 e. The molecule has 1 aliphatic heterocycles. The van der Waals surface area contributed by atoms with Gasteiger partial charge in [0.05, 0.1) is 6.61 Å². The van der Waals surface area contributed by atoms with E-state index in [0.717, 1.165) is 10.6 Å². The highest BCUT2D eigenvalue weighted by Gasteiger charge is 2.41. The zero-order chi connectivity index (χ0) is 18.4. The van der Waals surface area contributed by atoms with Gasteiger partial charge < -0.3 is 10.1 Å². The molecule has 0 aromatic heterocycles. The number of barbiturate groups is 1. The number of amides is 4. The molecule has 0 unspecified atom stereocenters. The Morgan fingerprint density at radius 2 is 2.00 bits per heavy atom. The zero-order valence-electron chi connectivity index (χ0n) is 14.2. The molecule has 7 nitrogen and oxygen atoms in total. The Morgan fingerprint density at radius 1 is 1.32 bits per heavy atom. The molecule has 25 heavy (non-hydrogen) atoms. The van der Waals surface area contributed by atoms with Gasteiger partial charge in [-0.05, 0) is 38.1 Å². The molecule has 4 amide bonds. The van der Waals surface area contributed by atoms with Crippen molar-refractivity contribution in [1.82, 2.24) is 10.2 Å². The number of benzene rings is 1. The van der Waals surface area contributed by atoms with Crippen LogP contribution in [-0.2, 0) is 9.59 Å². The van der Waals surface area contributed by atoms with Crippen LogP contribution in [0.25, 0.3) is 0 Å². The highest BCUT2D eigenvalue weighted by atomic mass is 16.5. The van der Waals surface area contributed by atoms with E-state index in [9.17, 15) is 14.4 Å². The standard InChI is InChI=1S/C18H21N3O4/c1-4-11-21-17(23)15(16(22)20-18(21)24)14(5-2)19-12-7-9-13(10-8-12)25-6-3/h4-5,7-10,15,19H,1,6,11H2,2-3H3,(H,20,22,24)/b14-5+/t15-/m1/s1. The topological polar surface area (TPSA) is 87.7 Å². The largest absolute Gasteiger partial charge is 0.494 e. The van der Waals surface area contributed by atoms with Crippen molar-refractivity contribution in [3.63, 3.8) is 0 Å². The fraction of sp³-hybridized carbons (Fsp3) is 0.278. The molecular formula is C18H21N3O4. The average molecular weight is 343 g/mol. The Hall–Kier alpha value is -3.09. The number of rotatable bonds is 7.